The second-order valence-corrected chi connectivity index (χ2v) is 5.51. The fourth-order valence-electron chi connectivity index (χ4n) is 2.46. The van der Waals surface area contributed by atoms with Gasteiger partial charge in [0.05, 0.1) is 11.7 Å². The van der Waals surface area contributed by atoms with E-state index in [0.717, 1.165) is 23.4 Å². The molecule has 0 fully saturated rings. The van der Waals surface area contributed by atoms with Crippen molar-refractivity contribution in [3.8, 4) is 5.75 Å². The van der Waals surface area contributed by atoms with Gasteiger partial charge in [0, 0.05) is 5.69 Å². The summed E-state index contributed by atoms with van der Waals surface area (Å²) in [5.41, 5.74) is 2.50. The Hall–Kier alpha value is -2.49. The van der Waals surface area contributed by atoms with Crippen molar-refractivity contribution in [3.05, 3.63) is 59.7 Å². The minimum atomic E-state index is -0.247. The molecule has 4 nitrogen and oxygen atoms in total. The predicted molar refractivity (Wildman–Crippen MR) is 87.1 cm³/mol. The van der Waals surface area contributed by atoms with Gasteiger partial charge >= 0.3 is 0 Å². The molecule has 0 aliphatic carbocycles. The lowest BCUT2D eigenvalue weighted by Crippen LogP contribution is -2.38. The third-order valence-electron chi connectivity index (χ3n) is 3.85. The number of ether oxygens (including phenoxy) is 1. The van der Waals surface area contributed by atoms with Gasteiger partial charge in [0.2, 0.25) is 0 Å². The zero-order valence-electron chi connectivity index (χ0n) is 12.8. The van der Waals surface area contributed by atoms with Crippen LogP contribution in [0.2, 0.25) is 0 Å². The van der Waals surface area contributed by atoms with E-state index in [1.807, 2.05) is 55.5 Å². The van der Waals surface area contributed by atoms with Crippen LogP contribution in [0.3, 0.4) is 0 Å². The first kappa shape index (κ1) is 14.4. The molecular formula is C18H20N2O2. The minimum Gasteiger partial charge on any atom is -0.491 e. The van der Waals surface area contributed by atoms with Gasteiger partial charge in [-0.1, -0.05) is 31.2 Å². The van der Waals surface area contributed by atoms with Crippen molar-refractivity contribution in [1.82, 2.24) is 5.32 Å². The van der Waals surface area contributed by atoms with Gasteiger partial charge in [0.15, 0.2) is 0 Å². The van der Waals surface area contributed by atoms with E-state index < -0.39 is 0 Å². The Bertz CT molecular complexity index is 684. The van der Waals surface area contributed by atoms with Crippen LogP contribution in [-0.2, 0) is 0 Å². The number of hydrogen-bond acceptors (Lipinski definition) is 3. The number of amides is 1. The molecule has 2 unspecified atom stereocenters. The van der Waals surface area contributed by atoms with Crippen molar-refractivity contribution < 1.29 is 9.53 Å². The molecule has 22 heavy (non-hydrogen) atoms. The maximum absolute atomic E-state index is 12.2. The first-order chi connectivity index (χ1) is 10.7. The lowest BCUT2D eigenvalue weighted by molar-refractivity contribution is 0.0935. The van der Waals surface area contributed by atoms with Gasteiger partial charge in [-0.2, -0.15) is 0 Å². The molecule has 2 N–H and O–H groups in total. The summed E-state index contributed by atoms with van der Waals surface area (Å²) in [5, 5.41) is 6.33. The number of rotatable bonds is 4. The summed E-state index contributed by atoms with van der Waals surface area (Å²) in [6, 6.07) is 15.4. The van der Waals surface area contributed by atoms with Crippen molar-refractivity contribution in [2.75, 3.05) is 5.32 Å². The number of nitrogens with one attached hydrogen (secondary N) is 2. The van der Waals surface area contributed by atoms with Crippen LogP contribution in [0.15, 0.2) is 48.5 Å². The van der Waals surface area contributed by atoms with Gasteiger partial charge in [-0.15, -0.1) is 0 Å². The smallest absolute Gasteiger partial charge is 0.255 e. The molecule has 1 aliphatic rings. The molecule has 1 heterocycles. The molecule has 0 radical (unpaired) electrons. The molecule has 0 aromatic heterocycles. The minimum absolute atomic E-state index is 0.0624. The average Bonchev–Trinajstić information content (AvgIpc) is 2.55. The Labute approximate surface area is 130 Å². The van der Waals surface area contributed by atoms with Crippen LogP contribution in [-0.4, -0.2) is 12.0 Å². The third-order valence-corrected chi connectivity index (χ3v) is 3.85. The van der Waals surface area contributed by atoms with Crippen LogP contribution < -0.4 is 15.4 Å². The van der Waals surface area contributed by atoms with Crippen LogP contribution in [0, 0.1) is 0 Å². The Morgan fingerprint density at radius 1 is 1.14 bits per heavy atom. The number of fused-ring (bicyclic) bond motifs is 1. The number of hydrogen-bond donors (Lipinski definition) is 2. The van der Waals surface area contributed by atoms with Crippen LogP contribution in [0.4, 0.5) is 5.69 Å². The van der Waals surface area contributed by atoms with Gasteiger partial charge in [-0.05, 0) is 43.2 Å². The molecule has 2 atom stereocenters. The lowest BCUT2D eigenvalue weighted by atomic mass is 10.1. The maximum Gasteiger partial charge on any atom is 0.255 e. The van der Waals surface area contributed by atoms with Crippen molar-refractivity contribution in [1.29, 1.82) is 0 Å². The van der Waals surface area contributed by atoms with Crippen molar-refractivity contribution in [2.45, 2.75) is 32.5 Å². The molecule has 114 valence electrons. The number of benzene rings is 2. The molecule has 2 aromatic carbocycles. The normalized spacial score (nSPS) is 17.9. The Morgan fingerprint density at radius 3 is 2.77 bits per heavy atom. The SMILES string of the molecule is CCC(C)Oc1cccc(C2NC(=O)c3ccccc3N2)c1. The van der Waals surface area contributed by atoms with E-state index in [9.17, 15) is 4.79 Å². The Balaban J connectivity index is 1.84. The summed E-state index contributed by atoms with van der Waals surface area (Å²) >= 11 is 0. The number of para-hydroxylation sites is 1. The average molecular weight is 296 g/mol. The van der Waals surface area contributed by atoms with Crippen molar-refractivity contribution in [3.63, 3.8) is 0 Å². The molecule has 0 spiro atoms. The predicted octanol–water partition coefficient (Wildman–Crippen LogP) is 3.72. The molecule has 0 bridgehead atoms. The van der Waals surface area contributed by atoms with E-state index in [1.54, 1.807) is 0 Å². The van der Waals surface area contributed by atoms with Gasteiger partial charge in [-0.25, -0.2) is 0 Å². The fourth-order valence-corrected chi connectivity index (χ4v) is 2.46. The van der Waals surface area contributed by atoms with E-state index in [1.165, 1.54) is 0 Å². The van der Waals surface area contributed by atoms with Crippen LogP contribution >= 0.6 is 0 Å². The quantitative estimate of drug-likeness (QED) is 0.904. The van der Waals surface area contributed by atoms with E-state index in [4.69, 9.17) is 4.74 Å². The summed E-state index contributed by atoms with van der Waals surface area (Å²) in [4.78, 5) is 12.2. The Kier molecular flexibility index (Phi) is 4.00. The van der Waals surface area contributed by atoms with Gasteiger partial charge in [0.1, 0.15) is 11.9 Å². The largest absolute Gasteiger partial charge is 0.491 e. The first-order valence-corrected chi connectivity index (χ1v) is 7.60. The van der Waals surface area contributed by atoms with Gasteiger partial charge < -0.3 is 15.4 Å². The summed E-state index contributed by atoms with van der Waals surface area (Å²) in [5.74, 6) is 0.759. The summed E-state index contributed by atoms with van der Waals surface area (Å²) < 4.78 is 5.85. The summed E-state index contributed by atoms with van der Waals surface area (Å²) in [6.45, 7) is 4.14. The Morgan fingerprint density at radius 2 is 1.95 bits per heavy atom. The zero-order valence-corrected chi connectivity index (χ0v) is 12.8. The molecule has 0 saturated heterocycles. The number of carbonyl (C=O) groups is 1. The first-order valence-electron chi connectivity index (χ1n) is 7.60. The molecular weight excluding hydrogens is 276 g/mol. The summed E-state index contributed by atoms with van der Waals surface area (Å²) in [7, 11) is 0. The van der Waals surface area contributed by atoms with E-state index in [2.05, 4.69) is 17.6 Å². The van der Waals surface area contributed by atoms with Crippen molar-refractivity contribution in [2.24, 2.45) is 0 Å². The maximum atomic E-state index is 12.2. The number of anilines is 1. The zero-order chi connectivity index (χ0) is 15.5. The standard InChI is InChI=1S/C18H20N2O2/c1-3-12(2)22-14-8-6-7-13(11-14)17-19-16-10-5-4-9-15(16)18(21)20-17/h4-12,17,19H,3H2,1-2H3,(H,20,21). The second-order valence-electron chi connectivity index (χ2n) is 5.51. The van der Waals surface area contributed by atoms with E-state index in [0.29, 0.717) is 5.56 Å². The molecule has 2 aromatic rings. The van der Waals surface area contributed by atoms with Crippen LogP contribution in [0.1, 0.15) is 42.4 Å². The highest BCUT2D eigenvalue weighted by Gasteiger charge is 2.24. The molecule has 3 rings (SSSR count). The highest BCUT2D eigenvalue weighted by Crippen LogP contribution is 2.28. The van der Waals surface area contributed by atoms with Crippen LogP contribution in [0.5, 0.6) is 5.75 Å². The molecule has 0 saturated carbocycles. The second kappa shape index (κ2) is 6.10. The lowest BCUT2D eigenvalue weighted by Gasteiger charge is -2.28. The highest BCUT2D eigenvalue weighted by atomic mass is 16.5. The molecule has 1 amide bonds. The molecule has 1 aliphatic heterocycles. The van der Waals surface area contributed by atoms with Gasteiger partial charge in [0.25, 0.3) is 5.91 Å². The summed E-state index contributed by atoms with van der Waals surface area (Å²) in [6.07, 6.45) is 0.878. The third kappa shape index (κ3) is 2.91. The van der Waals surface area contributed by atoms with Gasteiger partial charge in [-0.3, -0.25) is 4.79 Å². The highest BCUT2D eigenvalue weighted by molar-refractivity contribution is 6.01. The number of carbonyl (C=O) groups excluding carboxylic acids is 1. The van der Waals surface area contributed by atoms with Crippen molar-refractivity contribution >= 4 is 11.6 Å². The molecule has 4 heteroatoms. The van der Waals surface area contributed by atoms with E-state index >= 15 is 0 Å². The monoisotopic (exact) mass is 296 g/mol. The van der Waals surface area contributed by atoms with Crippen LogP contribution in [0.25, 0.3) is 0 Å². The topological polar surface area (TPSA) is 50.4 Å². The van der Waals surface area contributed by atoms with E-state index in [-0.39, 0.29) is 18.2 Å². The fraction of sp³-hybridized carbons (Fsp3) is 0.278.